The predicted octanol–water partition coefficient (Wildman–Crippen LogP) is 8.95. The van der Waals surface area contributed by atoms with E-state index in [-0.39, 0.29) is 27.7 Å². The summed E-state index contributed by atoms with van der Waals surface area (Å²) in [6, 6.07) is 6.76. The second kappa shape index (κ2) is 12.5. The average Bonchev–Trinajstić information content (AvgIpc) is 2.90. The van der Waals surface area contributed by atoms with E-state index in [1.807, 2.05) is 0 Å². The molecule has 36 heavy (non-hydrogen) atoms. The van der Waals surface area contributed by atoms with Gasteiger partial charge in [-0.1, -0.05) is 80.9 Å². The van der Waals surface area contributed by atoms with Gasteiger partial charge in [-0.15, -0.1) is 0 Å². The Kier molecular flexibility index (Phi) is 9.35. The maximum atomic E-state index is 13.2. The van der Waals surface area contributed by atoms with E-state index in [9.17, 15) is 9.59 Å². The van der Waals surface area contributed by atoms with Crippen molar-refractivity contribution in [3.05, 3.63) is 47.0 Å². The van der Waals surface area contributed by atoms with Crippen molar-refractivity contribution in [2.45, 2.75) is 77.6 Å². The van der Waals surface area contributed by atoms with Gasteiger partial charge in [0.15, 0.2) is 5.75 Å². The fraction of sp³-hybridized carbons (Fsp3) is 0.533. The van der Waals surface area contributed by atoms with E-state index in [4.69, 9.17) is 32.7 Å². The summed E-state index contributed by atoms with van der Waals surface area (Å²) in [5, 5.41) is 1.52. The molecule has 2 saturated carbocycles. The van der Waals surface area contributed by atoms with Crippen molar-refractivity contribution in [2.75, 3.05) is 0 Å². The standard InChI is InChI=1S/C30H36Cl2O4/c1-3-5-7-19-10-12-20(13-11-19)21-14-16-22(17-15-21)30(34)36-29-23-8-6-9-26(35-27(33)4-2)24(23)18-25(31)28(29)32/h4,6,8-9,18-22H,2-3,5,7,10-17H2,1H3. The Morgan fingerprint density at radius 1 is 0.972 bits per heavy atom. The molecular formula is C30H36Cl2O4. The molecular weight excluding hydrogens is 495 g/mol. The van der Waals surface area contributed by atoms with Gasteiger partial charge in [0.25, 0.3) is 0 Å². The molecule has 194 valence electrons. The molecule has 6 heteroatoms. The third-order valence-corrected chi connectivity index (χ3v) is 8.97. The third kappa shape index (κ3) is 6.26. The average molecular weight is 532 g/mol. The van der Waals surface area contributed by atoms with Crippen LogP contribution in [0.3, 0.4) is 0 Å². The molecule has 0 bridgehead atoms. The summed E-state index contributed by atoms with van der Waals surface area (Å²) < 4.78 is 11.2. The van der Waals surface area contributed by atoms with Crippen molar-refractivity contribution in [3.63, 3.8) is 0 Å². The molecule has 2 fully saturated rings. The van der Waals surface area contributed by atoms with Crippen LogP contribution in [-0.4, -0.2) is 11.9 Å². The number of hydrogen-bond donors (Lipinski definition) is 0. The number of esters is 2. The van der Waals surface area contributed by atoms with E-state index in [0.29, 0.717) is 16.5 Å². The van der Waals surface area contributed by atoms with Crippen molar-refractivity contribution in [1.82, 2.24) is 0 Å². The number of halogens is 2. The van der Waals surface area contributed by atoms with Crippen LogP contribution in [0.2, 0.25) is 10.0 Å². The molecule has 0 amide bonds. The van der Waals surface area contributed by atoms with Crippen LogP contribution in [0.1, 0.15) is 77.6 Å². The number of benzene rings is 2. The summed E-state index contributed by atoms with van der Waals surface area (Å²) >= 11 is 12.8. The van der Waals surface area contributed by atoms with Crippen molar-refractivity contribution in [2.24, 2.45) is 23.7 Å². The van der Waals surface area contributed by atoms with Gasteiger partial charge in [-0.05, 0) is 68.4 Å². The van der Waals surface area contributed by atoms with Crippen molar-refractivity contribution in [1.29, 1.82) is 0 Å². The first-order chi connectivity index (χ1) is 17.4. The highest BCUT2D eigenvalue weighted by Crippen LogP contribution is 2.45. The number of unbranched alkanes of at least 4 members (excludes halogenated alkanes) is 1. The number of carbonyl (C=O) groups is 2. The number of carbonyl (C=O) groups excluding carboxylic acids is 2. The van der Waals surface area contributed by atoms with E-state index in [1.54, 1.807) is 24.3 Å². The number of fused-ring (bicyclic) bond motifs is 1. The van der Waals surface area contributed by atoms with Gasteiger partial charge in [0.05, 0.1) is 10.9 Å². The van der Waals surface area contributed by atoms with Gasteiger partial charge in [0.1, 0.15) is 10.8 Å². The predicted molar refractivity (Wildman–Crippen MR) is 146 cm³/mol. The third-order valence-electron chi connectivity index (χ3n) is 8.20. The Morgan fingerprint density at radius 2 is 1.64 bits per heavy atom. The molecule has 2 aliphatic rings. The number of ether oxygens (including phenoxy) is 2. The van der Waals surface area contributed by atoms with Gasteiger partial charge in [0.2, 0.25) is 0 Å². The summed E-state index contributed by atoms with van der Waals surface area (Å²) in [7, 11) is 0. The topological polar surface area (TPSA) is 52.6 Å². The van der Waals surface area contributed by atoms with Crippen LogP contribution in [0.25, 0.3) is 10.8 Å². The van der Waals surface area contributed by atoms with E-state index >= 15 is 0 Å². The molecule has 2 aromatic rings. The van der Waals surface area contributed by atoms with Gasteiger partial charge in [0, 0.05) is 16.8 Å². The first kappa shape index (κ1) is 27.0. The first-order valence-corrected chi connectivity index (χ1v) is 14.1. The van der Waals surface area contributed by atoms with Crippen LogP contribution >= 0.6 is 23.2 Å². The first-order valence-electron chi connectivity index (χ1n) is 13.4. The second-order valence-electron chi connectivity index (χ2n) is 10.4. The van der Waals surface area contributed by atoms with Gasteiger partial charge >= 0.3 is 11.9 Å². The van der Waals surface area contributed by atoms with Gasteiger partial charge in [-0.2, -0.15) is 0 Å². The van der Waals surface area contributed by atoms with E-state index in [1.165, 1.54) is 44.9 Å². The zero-order valence-corrected chi connectivity index (χ0v) is 22.6. The van der Waals surface area contributed by atoms with Crippen LogP contribution in [0.15, 0.2) is 36.9 Å². The minimum absolute atomic E-state index is 0.144. The van der Waals surface area contributed by atoms with Crippen LogP contribution in [0, 0.1) is 23.7 Å². The Labute approximate surface area is 224 Å². The Bertz CT molecular complexity index is 1100. The highest BCUT2D eigenvalue weighted by molar-refractivity contribution is 6.44. The van der Waals surface area contributed by atoms with Gasteiger partial charge in [-0.25, -0.2) is 4.79 Å². The van der Waals surface area contributed by atoms with E-state index in [2.05, 4.69) is 13.5 Å². The van der Waals surface area contributed by atoms with Crippen LogP contribution in [0.5, 0.6) is 11.5 Å². The van der Waals surface area contributed by atoms with Crippen LogP contribution in [-0.2, 0) is 9.59 Å². The molecule has 0 aliphatic heterocycles. The molecule has 0 saturated heterocycles. The smallest absolute Gasteiger partial charge is 0.335 e. The number of rotatable bonds is 8. The molecule has 0 N–H and O–H groups in total. The van der Waals surface area contributed by atoms with E-state index in [0.717, 1.165) is 49.5 Å². The molecule has 2 aromatic carbocycles. The maximum Gasteiger partial charge on any atom is 0.335 e. The molecule has 0 heterocycles. The minimum Gasteiger partial charge on any atom is -0.424 e. The Hall–Kier alpha value is -2.04. The lowest BCUT2D eigenvalue weighted by Crippen LogP contribution is -2.30. The van der Waals surface area contributed by atoms with Crippen molar-refractivity contribution >= 4 is 45.9 Å². The molecule has 4 rings (SSSR count). The van der Waals surface area contributed by atoms with Crippen LogP contribution < -0.4 is 9.47 Å². The minimum atomic E-state index is -0.585. The monoisotopic (exact) mass is 530 g/mol. The summed E-state index contributed by atoms with van der Waals surface area (Å²) in [4.78, 5) is 24.9. The molecule has 0 aromatic heterocycles. The highest BCUT2D eigenvalue weighted by atomic mass is 35.5. The van der Waals surface area contributed by atoms with E-state index < -0.39 is 5.97 Å². The lowest BCUT2D eigenvalue weighted by molar-refractivity contribution is -0.140. The molecule has 2 aliphatic carbocycles. The fourth-order valence-corrected chi connectivity index (χ4v) is 6.49. The summed E-state index contributed by atoms with van der Waals surface area (Å²) in [6.45, 7) is 5.71. The lowest BCUT2D eigenvalue weighted by atomic mass is 9.68. The van der Waals surface area contributed by atoms with Gasteiger partial charge < -0.3 is 9.47 Å². The number of hydrogen-bond acceptors (Lipinski definition) is 4. The Balaban J connectivity index is 1.40. The molecule has 0 atom stereocenters. The SMILES string of the molecule is C=CC(=O)Oc1cccc2c(OC(=O)C3CCC(C4CCC(CCCC)CC4)CC3)c(Cl)c(Cl)cc12. The molecule has 0 unspecified atom stereocenters. The largest absolute Gasteiger partial charge is 0.424 e. The normalized spacial score (nSPS) is 24.3. The zero-order chi connectivity index (χ0) is 25.7. The maximum absolute atomic E-state index is 13.2. The highest BCUT2D eigenvalue weighted by Gasteiger charge is 2.34. The zero-order valence-electron chi connectivity index (χ0n) is 21.1. The quantitative estimate of drug-likeness (QED) is 0.194. The summed E-state index contributed by atoms with van der Waals surface area (Å²) in [5.41, 5.74) is 0. The lowest BCUT2D eigenvalue weighted by Gasteiger charge is -2.37. The summed E-state index contributed by atoms with van der Waals surface area (Å²) in [6.07, 6.45) is 14.4. The molecule has 0 radical (unpaired) electrons. The fourth-order valence-electron chi connectivity index (χ4n) is 6.10. The van der Waals surface area contributed by atoms with Crippen LogP contribution in [0.4, 0.5) is 0 Å². The molecule has 0 spiro atoms. The second-order valence-corrected chi connectivity index (χ2v) is 11.2. The molecule has 4 nitrogen and oxygen atoms in total. The summed E-state index contributed by atoms with van der Waals surface area (Å²) in [5.74, 6) is 1.97. The Morgan fingerprint density at radius 3 is 2.28 bits per heavy atom. The van der Waals surface area contributed by atoms with Crippen molar-refractivity contribution in [3.8, 4) is 11.5 Å². The van der Waals surface area contributed by atoms with Crippen molar-refractivity contribution < 1.29 is 19.1 Å². The van der Waals surface area contributed by atoms with Gasteiger partial charge in [-0.3, -0.25) is 4.79 Å².